The van der Waals surface area contributed by atoms with E-state index in [4.69, 9.17) is 15.2 Å². The molecule has 0 amide bonds. The van der Waals surface area contributed by atoms with Gasteiger partial charge in [0.15, 0.2) is 0 Å². The summed E-state index contributed by atoms with van der Waals surface area (Å²) in [6.07, 6.45) is -0.567. The number of aldehydes is 1. The molecule has 1 atom stereocenters. The molecule has 0 aromatic carbocycles. The molecule has 5 heteroatoms. The van der Waals surface area contributed by atoms with E-state index in [0.29, 0.717) is 19.5 Å². The number of Topliss-reactive ketones (excluding diaryl/α,β-unsaturated/α-hetero) is 1. The molecular formula is C6H9NO4. The second kappa shape index (κ2) is 3.56. The maximum atomic E-state index is 11.0. The van der Waals surface area contributed by atoms with Crippen molar-refractivity contribution in [3.05, 3.63) is 0 Å². The minimum absolute atomic E-state index is 0.368. The second-order valence-electron chi connectivity index (χ2n) is 2.14. The monoisotopic (exact) mass is 159 g/mol. The Balaban J connectivity index is 2.45. The molecule has 0 bridgehead atoms. The van der Waals surface area contributed by atoms with Gasteiger partial charge in [-0.3, -0.25) is 4.79 Å². The lowest BCUT2D eigenvalue weighted by molar-refractivity contribution is -0.146. The molecule has 1 heterocycles. The molecule has 0 aromatic rings. The van der Waals surface area contributed by atoms with Crippen molar-refractivity contribution in [3.8, 4) is 0 Å². The Morgan fingerprint density at radius 1 is 1.55 bits per heavy atom. The molecule has 11 heavy (non-hydrogen) atoms. The lowest BCUT2D eigenvalue weighted by Gasteiger charge is -2.08. The lowest BCUT2D eigenvalue weighted by Crippen LogP contribution is -2.40. The van der Waals surface area contributed by atoms with Crippen LogP contribution in [-0.4, -0.2) is 37.6 Å². The molecule has 1 fully saturated rings. The molecule has 2 N–H and O–H groups in total. The highest BCUT2D eigenvalue weighted by atomic mass is 16.7. The van der Waals surface area contributed by atoms with E-state index in [1.807, 2.05) is 0 Å². The summed E-state index contributed by atoms with van der Waals surface area (Å²) in [7, 11) is 0. The highest BCUT2D eigenvalue weighted by Crippen LogP contribution is 2.05. The number of hydrogen-bond acceptors (Lipinski definition) is 5. The number of ketones is 1. The molecule has 1 rings (SSSR count). The van der Waals surface area contributed by atoms with Gasteiger partial charge in [-0.05, 0) is 0 Å². The first-order valence-corrected chi connectivity index (χ1v) is 3.23. The molecule has 0 saturated carbocycles. The molecule has 1 saturated heterocycles. The fourth-order valence-electron chi connectivity index (χ4n) is 0.747. The Bertz CT molecular complexity index is 164. The van der Waals surface area contributed by atoms with Gasteiger partial charge >= 0.3 is 0 Å². The van der Waals surface area contributed by atoms with E-state index in [2.05, 4.69) is 0 Å². The maximum Gasteiger partial charge on any atom is 0.220 e. The van der Waals surface area contributed by atoms with Crippen LogP contribution < -0.4 is 5.73 Å². The Hall–Kier alpha value is -0.780. The van der Waals surface area contributed by atoms with Gasteiger partial charge in [0.2, 0.25) is 12.1 Å². The summed E-state index contributed by atoms with van der Waals surface area (Å²) in [4.78, 5) is 21.0. The Kier molecular flexibility index (Phi) is 2.70. The first-order chi connectivity index (χ1) is 5.25. The van der Waals surface area contributed by atoms with Gasteiger partial charge in [-0.1, -0.05) is 0 Å². The normalized spacial score (nSPS) is 21.5. The standard InChI is InChI=1S/C6H9NO4/c7-4(3-8)5(9)6-10-1-2-11-6/h3-4,6H,1-2,7H2/t4-/m1/s1. The third-order valence-corrected chi connectivity index (χ3v) is 1.33. The highest BCUT2D eigenvalue weighted by Gasteiger charge is 2.28. The van der Waals surface area contributed by atoms with Gasteiger partial charge in [0, 0.05) is 0 Å². The van der Waals surface area contributed by atoms with Crippen LogP contribution in [0.4, 0.5) is 0 Å². The SMILES string of the molecule is N[C@H](C=O)C(=O)C1OCCO1. The van der Waals surface area contributed by atoms with Crippen molar-refractivity contribution >= 4 is 12.1 Å². The van der Waals surface area contributed by atoms with Crippen LogP contribution in [0.5, 0.6) is 0 Å². The number of ether oxygens (including phenoxy) is 2. The molecule has 0 aromatic heterocycles. The zero-order chi connectivity index (χ0) is 8.27. The summed E-state index contributed by atoms with van der Waals surface area (Å²) >= 11 is 0. The van der Waals surface area contributed by atoms with Crippen LogP contribution in [0.1, 0.15) is 0 Å². The highest BCUT2D eigenvalue weighted by molar-refractivity contribution is 5.99. The van der Waals surface area contributed by atoms with Gasteiger partial charge in [0.1, 0.15) is 12.3 Å². The number of nitrogens with two attached hydrogens (primary N) is 1. The topological polar surface area (TPSA) is 78.6 Å². The predicted molar refractivity (Wildman–Crippen MR) is 34.7 cm³/mol. The van der Waals surface area contributed by atoms with Gasteiger partial charge in [-0.2, -0.15) is 0 Å². The van der Waals surface area contributed by atoms with Gasteiger partial charge in [-0.15, -0.1) is 0 Å². The Morgan fingerprint density at radius 2 is 2.09 bits per heavy atom. The molecule has 5 nitrogen and oxygen atoms in total. The van der Waals surface area contributed by atoms with Crippen molar-refractivity contribution in [3.63, 3.8) is 0 Å². The lowest BCUT2D eigenvalue weighted by atomic mass is 10.2. The molecule has 1 aliphatic rings. The fourth-order valence-corrected chi connectivity index (χ4v) is 0.747. The minimum atomic E-state index is -1.13. The largest absolute Gasteiger partial charge is 0.344 e. The van der Waals surface area contributed by atoms with Crippen LogP contribution in [-0.2, 0) is 19.1 Å². The summed E-state index contributed by atoms with van der Waals surface area (Å²) in [6.45, 7) is 0.754. The van der Waals surface area contributed by atoms with Crippen LogP contribution in [0.15, 0.2) is 0 Å². The molecule has 1 aliphatic heterocycles. The molecule has 0 unspecified atom stereocenters. The van der Waals surface area contributed by atoms with Crippen molar-refractivity contribution in [1.29, 1.82) is 0 Å². The number of carbonyl (C=O) groups excluding carboxylic acids is 2. The zero-order valence-corrected chi connectivity index (χ0v) is 5.86. The van der Waals surface area contributed by atoms with Crippen molar-refractivity contribution in [2.75, 3.05) is 13.2 Å². The number of hydrogen-bond donors (Lipinski definition) is 1. The summed E-state index contributed by atoms with van der Waals surface area (Å²) in [6, 6.07) is -1.13. The van der Waals surface area contributed by atoms with E-state index in [1.165, 1.54) is 0 Å². The predicted octanol–water partition coefficient (Wildman–Crippen LogP) is -1.55. The zero-order valence-electron chi connectivity index (χ0n) is 5.86. The molecular weight excluding hydrogens is 150 g/mol. The third-order valence-electron chi connectivity index (χ3n) is 1.33. The quantitative estimate of drug-likeness (QED) is 0.398. The average Bonchev–Trinajstić information content (AvgIpc) is 2.53. The summed E-state index contributed by atoms with van der Waals surface area (Å²) < 4.78 is 9.65. The van der Waals surface area contributed by atoms with Gasteiger partial charge in [0.25, 0.3) is 0 Å². The molecule has 62 valence electrons. The van der Waals surface area contributed by atoms with Crippen LogP contribution in [0, 0.1) is 0 Å². The first-order valence-electron chi connectivity index (χ1n) is 3.23. The van der Waals surface area contributed by atoms with E-state index in [-0.39, 0.29) is 0 Å². The van der Waals surface area contributed by atoms with Crippen LogP contribution in [0.3, 0.4) is 0 Å². The average molecular weight is 159 g/mol. The van der Waals surface area contributed by atoms with Crippen molar-refractivity contribution in [2.24, 2.45) is 5.73 Å². The maximum absolute atomic E-state index is 11.0. The van der Waals surface area contributed by atoms with Crippen LogP contribution in [0.2, 0.25) is 0 Å². The number of carbonyl (C=O) groups is 2. The Morgan fingerprint density at radius 3 is 2.55 bits per heavy atom. The summed E-state index contributed by atoms with van der Waals surface area (Å²) in [5.74, 6) is -0.516. The molecule has 0 radical (unpaired) electrons. The van der Waals surface area contributed by atoms with E-state index in [1.54, 1.807) is 0 Å². The summed E-state index contributed by atoms with van der Waals surface area (Å²) in [5, 5.41) is 0. The second-order valence-corrected chi connectivity index (χ2v) is 2.14. The molecule has 0 aliphatic carbocycles. The third kappa shape index (κ3) is 1.83. The summed E-state index contributed by atoms with van der Waals surface area (Å²) in [5.41, 5.74) is 5.12. The first kappa shape index (κ1) is 8.32. The van der Waals surface area contributed by atoms with Gasteiger partial charge < -0.3 is 20.0 Å². The van der Waals surface area contributed by atoms with Gasteiger partial charge in [0.05, 0.1) is 13.2 Å². The van der Waals surface area contributed by atoms with Crippen LogP contribution in [0.25, 0.3) is 0 Å². The van der Waals surface area contributed by atoms with Crippen molar-refractivity contribution < 1.29 is 19.1 Å². The van der Waals surface area contributed by atoms with Crippen molar-refractivity contribution in [1.82, 2.24) is 0 Å². The van der Waals surface area contributed by atoms with E-state index in [0.717, 1.165) is 0 Å². The van der Waals surface area contributed by atoms with Gasteiger partial charge in [-0.25, -0.2) is 0 Å². The smallest absolute Gasteiger partial charge is 0.220 e. The van der Waals surface area contributed by atoms with E-state index >= 15 is 0 Å². The van der Waals surface area contributed by atoms with E-state index in [9.17, 15) is 9.59 Å². The van der Waals surface area contributed by atoms with Crippen molar-refractivity contribution in [2.45, 2.75) is 12.3 Å². The molecule has 0 spiro atoms. The minimum Gasteiger partial charge on any atom is -0.344 e. The fraction of sp³-hybridized carbons (Fsp3) is 0.667. The van der Waals surface area contributed by atoms with E-state index < -0.39 is 18.1 Å². The number of rotatable bonds is 3. The van der Waals surface area contributed by atoms with Crippen LogP contribution >= 0.6 is 0 Å². The Labute approximate surface area is 63.4 Å².